The Labute approximate surface area is 199 Å². The molecule has 0 bridgehead atoms. The number of hydrogen-bond acceptors (Lipinski definition) is 8. The third-order valence-electron chi connectivity index (χ3n) is 4.72. The zero-order valence-corrected chi connectivity index (χ0v) is 18.5. The van der Waals surface area contributed by atoms with Gasteiger partial charge in [0.15, 0.2) is 0 Å². The Hall–Kier alpha value is -4.04. The fourth-order valence-electron chi connectivity index (χ4n) is 2.89. The predicted molar refractivity (Wildman–Crippen MR) is 118 cm³/mol. The average Bonchev–Trinajstić information content (AvgIpc) is 2.79. The predicted octanol–water partition coefficient (Wildman–Crippen LogP) is -2.57. The van der Waals surface area contributed by atoms with Gasteiger partial charge < -0.3 is 42.1 Å². The van der Waals surface area contributed by atoms with E-state index in [0.29, 0.717) is 5.56 Å². The van der Waals surface area contributed by atoms with Crippen molar-refractivity contribution in [3.05, 3.63) is 35.9 Å². The summed E-state index contributed by atoms with van der Waals surface area (Å²) in [5, 5.41) is 42.6. The van der Waals surface area contributed by atoms with Crippen molar-refractivity contribution in [3.63, 3.8) is 0 Å². The van der Waals surface area contributed by atoms with Gasteiger partial charge in [0.25, 0.3) is 0 Å². The number of carboxylic acid groups (broad SMARTS) is 3. The molecule has 1 aromatic rings. The zero-order valence-electron chi connectivity index (χ0n) is 18.5. The van der Waals surface area contributed by atoms with Crippen molar-refractivity contribution in [3.8, 4) is 0 Å². The highest BCUT2D eigenvalue weighted by atomic mass is 16.4. The molecular weight excluding hydrogens is 468 g/mol. The smallest absolute Gasteiger partial charge is 0.328 e. The maximum absolute atomic E-state index is 12.9. The van der Waals surface area contributed by atoms with Crippen LogP contribution in [-0.2, 0) is 35.2 Å². The topological polar surface area (TPSA) is 245 Å². The molecule has 4 unspecified atom stereocenters. The van der Waals surface area contributed by atoms with Gasteiger partial charge in [-0.05, 0) is 12.0 Å². The van der Waals surface area contributed by atoms with E-state index in [1.165, 1.54) is 0 Å². The summed E-state index contributed by atoms with van der Waals surface area (Å²) >= 11 is 0. The minimum Gasteiger partial charge on any atom is -0.481 e. The van der Waals surface area contributed by atoms with Gasteiger partial charge in [-0.25, -0.2) is 4.79 Å². The summed E-state index contributed by atoms with van der Waals surface area (Å²) in [5.41, 5.74) is 6.07. The van der Waals surface area contributed by atoms with E-state index in [9.17, 15) is 33.9 Å². The number of aliphatic hydroxyl groups is 1. The molecule has 0 aromatic heterocycles. The monoisotopic (exact) mass is 496 g/mol. The maximum Gasteiger partial charge on any atom is 0.328 e. The lowest BCUT2D eigenvalue weighted by atomic mass is 10.0. The van der Waals surface area contributed by atoms with E-state index in [0.717, 1.165) is 0 Å². The molecule has 9 N–H and O–H groups in total. The first-order chi connectivity index (χ1) is 16.4. The van der Waals surface area contributed by atoms with Crippen LogP contribution in [0.15, 0.2) is 30.3 Å². The summed E-state index contributed by atoms with van der Waals surface area (Å²) in [7, 11) is 0. The second-order valence-corrected chi connectivity index (χ2v) is 7.53. The van der Waals surface area contributed by atoms with Gasteiger partial charge in [0, 0.05) is 12.8 Å². The molecule has 0 radical (unpaired) electrons. The number of aliphatic hydroxyl groups excluding tert-OH is 1. The number of carbonyl (C=O) groups excluding carboxylic acids is 3. The third-order valence-corrected chi connectivity index (χ3v) is 4.72. The number of hydrogen-bond donors (Lipinski definition) is 8. The Morgan fingerprint density at radius 2 is 1.31 bits per heavy atom. The molecule has 1 rings (SSSR count). The van der Waals surface area contributed by atoms with Gasteiger partial charge >= 0.3 is 17.9 Å². The van der Waals surface area contributed by atoms with Crippen LogP contribution in [0.2, 0.25) is 0 Å². The molecule has 0 aliphatic heterocycles. The summed E-state index contributed by atoms with van der Waals surface area (Å²) < 4.78 is 0. The minimum absolute atomic E-state index is 0.103. The molecule has 3 amide bonds. The lowest BCUT2D eigenvalue weighted by Gasteiger charge is -2.24. The SMILES string of the molecule is NC(CC(=O)O)C(=O)NC(CCC(=O)O)C(=O)NC(Cc1ccccc1)C(=O)NC(CO)C(=O)O. The fraction of sp³-hybridized carbons (Fsp3) is 0.429. The molecule has 0 spiro atoms. The van der Waals surface area contributed by atoms with Crippen LogP contribution >= 0.6 is 0 Å². The molecular formula is C21H28N4O10. The number of aliphatic carboxylic acids is 3. The van der Waals surface area contributed by atoms with Gasteiger partial charge in [0.1, 0.15) is 18.1 Å². The molecule has 0 aliphatic carbocycles. The van der Waals surface area contributed by atoms with Gasteiger partial charge in [-0.3, -0.25) is 24.0 Å². The first-order valence-corrected chi connectivity index (χ1v) is 10.4. The number of rotatable bonds is 15. The maximum atomic E-state index is 12.9. The van der Waals surface area contributed by atoms with Gasteiger partial charge in [-0.1, -0.05) is 30.3 Å². The number of amides is 3. The van der Waals surface area contributed by atoms with Crippen molar-refractivity contribution in [1.82, 2.24) is 16.0 Å². The standard InChI is InChI=1S/C21H28N4O10/c22-12(9-17(29)30)18(31)23-13(6-7-16(27)28)19(32)24-14(8-11-4-2-1-3-5-11)20(33)25-15(10-26)21(34)35/h1-5,12-15,26H,6-10,22H2,(H,23,31)(H,24,32)(H,25,33)(H,27,28)(H,29,30)(H,34,35). The normalized spacial score (nSPS) is 14.0. The highest BCUT2D eigenvalue weighted by Crippen LogP contribution is 2.07. The summed E-state index contributed by atoms with van der Waals surface area (Å²) in [4.78, 5) is 70.8. The Bertz CT molecular complexity index is 924. The molecule has 1 aromatic carbocycles. The van der Waals surface area contributed by atoms with E-state index in [4.69, 9.17) is 21.1 Å². The molecule has 0 heterocycles. The average molecular weight is 496 g/mol. The van der Waals surface area contributed by atoms with E-state index in [-0.39, 0.29) is 6.42 Å². The molecule has 35 heavy (non-hydrogen) atoms. The van der Waals surface area contributed by atoms with Crippen molar-refractivity contribution < 1.29 is 49.2 Å². The second kappa shape index (κ2) is 14.3. The lowest BCUT2D eigenvalue weighted by Crippen LogP contribution is -2.58. The summed E-state index contributed by atoms with van der Waals surface area (Å²) in [6.45, 7) is -0.911. The van der Waals surface area contributed by atoms with Crippen LogP contribution in [0, 0.1) is 0 Å². The van der Waals surface area contributed by atoms with Crippen LogP contribution in [0.4, 0.5) is 0 Å². The molecule has 4 atom stereocenters. The van der Waals surface area contributed by atoms with E-state index < -0.39 is 85.7 Å². The Kier molecular flexibility index (Phi) is 11.8. The van der Waals surface area contributed by atoms with Crippen LogP contribution in [0.5, 0.6) is 0 Å². The van der Waals surface area contributed by atoms with E-state index in [1.54, 1.807) is 30.3 Å². The quantitative estimate of drug-likeness (QED) is 0.125. The second-order valence-electron chi connectivity index (χ2n) is 7.53. The van der Waals surface area contributed by atoms with Gasteiger partial charge in [0.05, 0.1) is 19.1 Å². The Morgan fingerprint density at radius 1 is 0.771 bits per heavy atom. The van der Waals surface area contributed by atoms with Crippen LogP contribution in [-0.4, -0.2) is 86.8 Å². The van der Waals surface area contributed by atoms with E-state index in [2.05, 4.69) is 16.0 Å². The molecule has 0 saturated carbocycles. The van der Waals surface area contributed by atoms with Crippen LogP contribution < -0.4 is 21.7 Å². The largest absolute Gasteiger partial charge is 0.481 e. The number of nitrogens with two attached hydrogens (primary N) is 1. The fourth-order valence-corrected chi connectivity index (χ4v) is 2.89. The molecule has 0 saturated heterocycles. The van der Waals surface area contributed by atoms with Crippen LogP contribution in [0.3, 0.4) is 0 Å². The first kappa shape index (κ1) is 29.0. The first-order valence-electron chi connectivity index (χ1n) is 10.4. The van der Waals surface area contributed by atoms with Gasteiger partial charge in [-0.2, -0.15) is 0 Å². The molecule has 192 valence electrons. The summed E-state index contributed by atoms with van der Waals surface area (Å²) in [6, 6.07) is 2.31. The summed E-state index contributed by atoms with van der Waals surface area (Å²) in [6.07, 6.45) is -1.79. The van der Waals surface area contributed by atoms with Crippen molar-refractivity contribution in [2.75, 3.05) is 6.61 Å². The zero-order chi connectivity index (χ0) is 26.5. The van der Waals surface area contributed by atoms with Crippen molar-refractivity contribution in [2.45, 2.75) is 49.9 Å². The van der Waals surface area contributed by atoms with Crippen molar-refractivity contribution >= 4 is 35.6 Å². The Balaban J connectivity index is 3.10. The number of carboxylic acids is 3. The van der Waals surface area contributed by atoms with Crippen LogP contribution in [0.25, 0.3) is 0 Å². The van der Waals surface area contributed by atoms with Crippen molar-refractivity contribution in [2.24, 2.45) is 5.73 Å². The molecule has 14 heteroatoms. The highest BCUT2D eigenvalue weighted by Gasteiger charge is 2.31. The van der Waals surface area contributed by atoms with Crippen LogP contribution in [0.1, 0.15) is 24.8 Å². The number of carbonyl (C=O) groups is 6. The highest BCUT2D eigenvalue weighted by molar-refractivity contribution is 5.95. The number of benzene rings is 1. The van der Waals surface area contributed by atoms with Gasteiger partial charge in [-0.15, -0.1) is 0 Å². The van der Waals surface area contributed by atoms with Gasteiger partial charge in [0.2, 0.25) is 17.7 Å². The minimum atomic E-state index is -1.64. The number of nitrogens with one attached hydrogen (secondary N) is 3. The Morgan fingerprint density at radius 3 is 1.83 bits per heavy atom. The van der Waals surface area contributed by atoms with E-state index in [1.807, 2.05) is 0 Å². The molecule has 0 aliphatic rings. The summed E-state index contributed by atoms with van der Waals surface area (Å²) in [5.74, 6) is -7.10. The van der Waals surface area contributed by atoms with E-state index >= 15 is 0 Å². The third kappa shape index (κ3) is 10.6. The molecule has 14 nitrogen and oxygen atoms in total. The lowest BCUT2D eigenvalue weighted by molar-refractivity contribution is -0.143. The van der Waals surface area contributed by atoms with Crippen molar-refractivity contribution in [1.29, 1.82) is 0 Å². The molecule has 0 fully saturated rings.